The number of aromatic nitrogens is 2. The Morgan fingerprint density at radius 2 is 1.96 bits per heavy atom. The van der Waals surface area contributed by atoms with Gasteiger partial charge >= 0.3 is 0 Å². The van der Waals surface area contributed by atoms with Gasteiger partial charge in [-0.2, -0.15) is 4.98 Å². The van der Waals surface area contributed by atoms with Crippen LogP contribution < -0.4 is 25.6 Å². The summed E-state index contributed by atoms with van der Waals surface area (Å²) in [6.07, 6.45) is 3.62. The molecule has 0 saturated carbocycles. The van der Waals surface area contributed by atoms with Gasteiger partial charge in [-0.25, -0.2) is 4.98 Å². The van der Waals surface area contributed by atoms with E-state index in [9.17, 15) is 9.59 Å². The first-order valence-electron chi connectivity index (χ1n) is 15.5. The zero-order valence-corrected chi connectivity index (χ0v) is 27.1. The van der Waals surface area contributed by atoms with E-state index in [1.807, 2.05) is 55.1 Å². The molecule has 2 amide bonds. The first-order chi connectivity index (χ1) is 21.6. The van der Waals surface area contributed by atoms with E-state index in [1.165, 1.54) is 0 Å². The molecule has 238 valence electrons. The summed E-state index contributed by atoms with van der Waals surface area (Å²) in [5.74, 6) is 1.88. The highest BCUT2D eigenvalue weighted by atomic mass is 35.5. The molecule has 1 unspecified atom stereocenters. The van der Waals surface area contributed by atoms with Crippen molar-refractivity contribution >= 4 is 52.2 Å². The number of piperidine rings is 1. The van der Waals surface area contributed by atoms with Crippen LogP contribution in [0.2, 0.25) is 5.02 Å². The van der Waals surface area contributed by atoms with Crippen LogP contribution in [-0.2, 0) is 21.5 Å². The van der Waals surface area contributed by atoms with E-state index < -0.39 is 5.41 Å². The second kappa shape index (κ2) is 12.7. The van der Waals surface area contributed by atoms with Crippen LogP contribution in [0.1, 0.15) is 37.8 Å². The number of carbonyl (C=O) groups is 2. The lowest BCUT2D eigenvalue weighted by atomic mass is 9.83. The van der Waals surface area contributed by atoms with Gasteiger partial charge in [0.05, 0.1) is 30.3 Å². The highest BCUT2D eigenvalue weighted by molar-refractivity contribution is 6.32. The molecule has 0 bridgehead atoms. The largest absolute Gasteiger partial charge is 0.494 e. The zero-order chi connectivity index (χ0) is 31.7. The molecule has 0 spiro atoms. The lowest BCUT2D eigenvalue weighted by Gasteiger charge is -2.39. The maximum atomic E-state index is 13.1. The van der Waals surface area contributed by atoms with Crippen molar-refractivity contribution in [1.29, 1.82) is 0 Å². The average Bonchev–Trinajstić information content (AvgIpc) is 3.28. The van der Waals surface area contributed by atoms with Crippen molar-refractivity contribution in [3.05, 3.63) is 58.7 Å². The Balaban J connectivity index is 1.10. The molecule has 4 heterocycles. The maximum absolute atomic E-state index is 13.1. The Kier molecular flexibility index (Phi) is 8.74. The summed E-state index contributed by atoms with van der Waals surface area (Å²) in [5, 5.41) is 9.94. The normalized spacial score (nSPS) is 19.6. The van der Waals surface area contributed by atoms with E-state index in [-0.39, 0.29) is 11.8 Å². The number of piperazine rings is 1. The lowest BCUT2D eigenvalue weighted by Crippen LogP contribution is -2.52. The molecule has 0 radical (unpaired) electrons. The maximum Gasteiger partial charge on any atom is 0.234 e. The number of benzene rings is 2. The van der Waals surface area contributed by atoms with Crippen molar-refractivity contribution < 1.29 is 14.3 Å². The Hall–Kier alpha value is -4.09. The SMILES string of the molecule is COc1cc(N2CCN(C(=O)C3CCCN(C)C3)CC2)ccc1Nc1ncc(Cl)c(NCc2cccc3c2C(C)(C)C(=O)N3)n1. The number of ether oxygens (including phenoxy) is 1. The van der Waals surface area contributed by atoms with Crippen LogP contribution in [0.4, 0.5) is 28.8 Å². The molecule has 1 atom stereocenters. The van der Waals surface area contributed by atoms with E-state index in [0.29, 0.717) is 48.1 Å². The number of amides is 2. The van der Waals surface area contributed by atoms with Crippen molar-refractivity contribution in [2.24, 2.45) is 5.92 Å². The predicted molar refractivity (Wildman–Crippen MR) is 178 cm³/mol. The van der Waals surface area contributed by atoms with Crippen LogP contribution in [0.5, 0.6) is 5.75 Å². The van der Waals surface area contributed by atoms with Crippen molar-refractivity contribution in [3.63, 3.8) is 0 Å². The Labute approximate surface area is 269 Å². The third kappa shape index (κ3) is 6.37. The number of likely N-dealkylation sites (tertiary alicyclic amines) is 1. The number of hydrogen-bond acceptors (Lipinski definition) is 9. The van der Waals surface area contributed by atoms with Gasteiger partial charge in [-0.05, 0) is 69.6 Å². The minimum atomic E-state index is -0.629. The number of fused-ring (bicyclic) bond motifs is 1. The van der Waals surface area contributed by atoms with Crippen molar-refractivity contribution in [3.8, 4) is 5.75 Å². The van der Waals surface area contributed by atoms with Gasteiger partial charge in [0, 0.05) is 56.7 Å². The molecule has 3 aliphatic heterocycles. The molecule has 6 rings (SSSR count). The third-order valence-corrected chi connectivity index (χ3v) is 9.42. The van der Waals surface area contributed by atoms with Gasteiger partial charge in [0.1, 0.15) is 10.8 Å². The Morgan fingerprint density at radius 3 is 2.71 bits per heavy atom. The van der Waals surface area contributed by atoms with Crippen molar-refractivity contribution in [1.82, 2.24) is 19.8 Å². The number of halogens is 1. The molecule has 45 heavy (non-hydrogen) atoms. The molecule has 2 fully saturated rings. The molecule has 2 aromatic carbocycles. The lowest BCUT2D eigenvalue weighted by molar-refractivity contribution is -0.137. The summed E-state index contributed by atoms with van der Waals surface area (Å²) in [6.45, 7) is 9.18. The van der Waals surface area contributed by atoms with Gasteiger partial charge in [0.15, 0.2) is 5.82 Å². The summed E-state index contributed by atoms with van der Waals surface area (Å²) in [7, 11) is 3.73. The zero-order valence-electron chi connectivity index (χ0n) is 26.3. The molecule has 1 aromatic heterocycles. The first kappa shape index (κ1) is 30.9. The predicted octanol–water partition coefficient (Wildman–Crippen LogP) is 4.71. The fourth-order valence-corrected chi connectivity index (χ4v) is 6.78. The van der Waals surface area contributed by atoms with Crippen LogP contribution in [0, 0.1) is 5.92 Å². The smallest absolute Gasteiger partial charge is 0.234 e. The van der Waals surface area contributed by atoms with Gasteiger partial charge < -0.3 is 35.4 Å². The van der Waals surface area contributed by atoms with Gasteiger partial charge in [-0.15, -0.1) is 0 Å². The number of carbonyl (C=O) groups excluding carboxylic acids is 2. The molecule has 11 nitrogen and oxygen atoms in total. The third-order valence-electron chi connectivity index (χ3n) is 9.14. The number of nitrogens with one attached hydrogen (secondary N) is 3. The number of anilines is 5. The summed E-state index contributed by atoms with van der Waals surface area (Å²) >= 11 is 6.47. The number of methoxy groups -OCH3 is 1. The fourth-order valence-electron chi connectivity index (χ4n) is 6.62. The summed E-state index contributed by atoms with van der Waals surface area (Å²) in [6, 6.07) is 11.8. The minimum absolute atomic E-state index is 0.0169. The molecule has 3 aromatic rings. The highest BCUT2D eigenvalue weighted by Crippen LogP contribution is 2.40. The van der Waals surface area contributed by atoms with Crippen LogP contribution in [0.3, 0.4) is 0 Å². The number of nitrogens with zero attached hydrogens (tertiary/aromatic N) is 5. The molecule has 2 saturated heterocycles. The quantitative estimate of drug-likeness (QED) is 0.325. The first-order valence-corrected chi connectivity index (χ1v) is 15.9. The molecular weight excluding hydrogens is 592 g/mol. The molecule has 0 aliphatic carbocycles. The highest BCUT2D eigenvalue weighted by Gasteiger charge is 2.40. The summed E-state index contributed by atoms with van der Waals surface area (Å²) < 4.78 is 5.74. The Bertz CT molecular complexity index is 1590. The molecule has 12 heteroatoms. The minimum Gasteiger partial charge on any atom is -0.494 e. The van der Waals surface area contributed by atoms with Gasteiger partial charge in [0.25, 0.3) is 0 Å². The fraction of sp³-hybridized carbons (Fsp3) is 0.455. The topological polar surface area (TPSA) is 115 Å². The van der Waals surface area contributed by atoms with Crippen molar-refractivity contribution in [2.75, 3.05) is 74.3 Å². The second-order valence-corrected chi connectivity index (χ2v) is 13.0. The van der Waals surface area contributed by atoms with Crippen LogP contribution >= 0.6 is 11.6 Å². The molecular formula is C33H41ClN8O3. The average molecular weight is 633 g/mol. The van der Waals surface area contributed by atoms with Crippen molar-refractivity contribution in [2.45, 2.75) is 38.6 Å². The molecule has 3 aliphatic rings. The Morgan fingerprint density at radius 1 is 1.16 bits per heavy atom. The van der Waals surface area contributed by atoms with E-state index >= 15 is 0 Å². The number of hydrogen-bond donors (Lipinski definition) is 3. The monoisotopic (exact) mass is 632 g/mol. The van der Waals surface area contributed by atoms with Crippen LogP contribution in [0.25, 0.3) is 0 Å². The van der Waals surface area contributed by atoms with E-state index in [2.05, 4.69) is 42.8 Å². The van der Waals surface area contributed by atoms with E-state index in [4.69, 9.17) is 16.3 Å². The van der Waals surface area contributed by atoms with Gasteiger partial charge in [0.2, 0.25) is 17.8 Å². The van der Waals surface area contributed by atoms with E-state index in [0.717, 1.165) is 67.2 Å². The van der Waals surface area contributed by atoms with Crippen LogP contribution in [0.15, 0.2) is 42.6 Å². The van der Waals surface area contributed by atoms with Gasteiger partial charge in [-0.3, -0.25) is 9.59 Å². The van der Waals surface area contributed by atoms with E-state index in [1.54, 1.807) is 13.3 Å². The summed E-state index contributed by atoms with van der Waals surface area (Å²) in [5.41, 5.74) is 3.92. The second-order valence-electron chi connectivity index (χ2n) is 12.6. The van der Waals surface area contributed by atoms with Gasteiger partial charge in [-0.1, -0.05) is 23.7 Å². The summed E-state index contributed by atoms with van der Waals surface area (Å²) in [4.78, 5) is 41.2. The standard InChI is InChI=1S/C33H41ClN8O3/c1-33(2)28-21(7-5-9-26(28)37-31(33)44)18-35-29-24(34)19-36-32(39-29)38-25-11-10-23(17-27(25)45-4)41-13-15-42(16-14-41)30(43)22-8-6-12-40(3)20-22/h5,7,9-11,17,19,22H,6,8,12-16,18,20H2,1-4H3,(H,37,44)(H2,35,36,38,39). The van der Waals surface area contributed by atoms with Crippen LogP contribution in [-0.4, -0.2) is 85.0 Å². The molecule has 3 N–H and O–H groups in total. The number of rotatable bonds is 8.